The van der Waals surface area contributed by atoms with Gasteiger partial charge in [-0.1, -0.05) is 6.92 Å². The summed E-state index contributed by atoms with van der Waals surface area (Å²) in [5, 5.41) is 3.50. The highest BCUT2D eigenvalue weighted by molar-refractivity contribution is 5.77. The zero-order chi connectivity index (χ0) is 13.8. The molecule has 1 heterocycles. The minimum Gasteiger partial charge on any atom is -0.497 e. The van der Waals surface area contributed by atoms with E-state index in [1.54, 1.807) is 7.11 Å². The van der Waals surface area contributed by atoms with E-state index in [1.165, 1.54) is 5.52 Å². The topological polar surface area (TPSA) is 39.1 Å². The summed E-state index contributed by atoms with van der Waals surface area (Å²) in [5.41, 5.74) is 2.17. The van der Waals surface area contributed by atoms with Gasteiger partial charge < -0.3 is 14.6 Å². The number of fused-ring (bicyclic) bond motifs is 1. The van der Waals surface area contributed by atoms with E-state index in [2.05, 4.69) is 36.7 Å². The molecule has 0 saturated carbocycles. The third-order valence-corrected chi connectivity index (χ3v) is 3.57. The molecule has 1 atom stereocenters. The lowest BCUT2D eigenvalue weighted by atomic mass is 10.2. The van der Waals surface area contributed by atoms with Crippen LogP contribution in [0, 0.1) is 0 Å². The third-order valence-electron chi connectivity index (χ3n) is 3.57. The molecule has 4 nitrogen and oxygen atoms in total. The minimum absolute atomic E-state index is 0.514. The first-order valence-corrected chi connectivity index (χ1v) is 6.96. The van der Waals surface area contributed by atoms with Crippen LogP contribution in [0.25, 0.3) is 11.0 Å². The van der Waals surface area contributed by atoms with Crippen molar-refractivity contribution in [3.05, 3.63) is 24.0 Å². The lowest BCUT2D eigenvalue weighted by Gasteiger charge is -2.12. The zero-order valence-electron chi connectivity index (χ0n) is 12.2. The van der Waals surface area contributed by atoms with Gasteiger partial charge in [-0.15, -0.1) is 0 Å². The van der Waals surface area contributed by atoms with E-state index in [0.29, 0.717) is 6.04 Å². The summed E-state index contributed by atoms with van der Waals surface area (Å²) in [6.45, 7) is 8.27. The predicted octanol–water partition coefficient (Wildman–Crippen LogP) is 2.95. The second kappa shape index (κ2) is 6.06. The number of aromatic nitrogens is 2. The average molecular weight is 261 g/mol. The smallest absolute Gasteiger partial charge is 0.123 e. The lowest BCUT2D eigenvalue weighted by molar-refractivity contribution is 0.415. The maximum atomic E-state index is 5.26. The van der Waals surface area contributed by atoms with Crippen molar-refractivity contribution in [3.63, 3.8) is 0 Å². The van der Waals surface area contributed by atoms with Gasteiger partial charge >= 0.3 is 0 Å². The standard InChI is InChI=1S/C15H23N3O/c1-5-11(3)16-10-15-17-13-9-12(19-4)7-8-14(13)18(15)6-2/h7-9,11,16H,5-6,10H2,1-4H3. The number of benzene rings is 1. The Bertz CT molecular complexity index is 548. The summed E-state index contributed by atoms with van der Waals surface area (Å²) in [4.78, 5) is 4.72. The molecule has 1 aromatic carbocycles. The van der Waals surface area contributed by atoms with Crippen LogP contribution in [0.1, 0.15) is 33.0 Å². The summed E-state index contributed by atoms with van der Waals surface area (Å²) >= 11 is 0. The number of hydrogen-bond acceptors (Lipinski definition) is 3. The first kappa shape index (κ1) is 13.9. The normalized spacial score (nSPS) is 12.8. The summed E-state index contributed by atoms with van der Waals surface area (Å²) in [7, 11) is 1.68. The van der Waals surface area contributed by atoms with Crippen LogP contribution in [0.15, 0.2) is 18.2 Å². The molecule has 0 saturated heterocycles. The van der Waals surface area contributed by atoms with Crippen molar-refractivity contribution < 1.29 is 4.74 Å². The van der Waals surface area contributed by atoms with Gasteiger partial charge in [0, 0.05) is 18.7 Å². The average Bonchev–Trinajstić information content (AvgIpc) is 2.80. The van der Waals surface area contributed by atoms with E-state index in [9.17, 15) is 0 Å². The van der Waals surface area contributed by atoms with Crippen molar-refractivity contribution in [3.8, 4) is 5.75 Å². The van der Waals surface area contributed by atoms with Crippen molar-refractivity contribution in [2.45, 2.75) is 46.3 Å². The number of imidazole rings is 1. The molecule has 2 rings (SSSR count). The molecule has 0 amide bonds. The molecule has 0 aliphatic heterocycles. The van der Waals surface area contributed by atoms with Crippen molar-refractivity contribution in [1.82, 2.24) is 14.9 Å². The Balaban J connectivity index is 2.32. The summed E-state index contributed by atoms with van der Waals surface area (Å²) < 4.78 is 7.51. The molecule has 104 valence electrons. The van der Waals surface area contributed by atoms with Crippen LogP contribution in [0.3, 0.4) is 0 Å². The van der Waals surface area contributed by atoms with Crippen molar-refractivity contribution in [2.75, 3.05) is 7.11 Å². The van der Waals surface area contributed by atoms with Gasteiger partial charge in [-0.2, -0.15) is 0 Å². The number of methoxy groups -OCH3 is 1. The van der Waals surface area contributed by atoms with E-state index in [4.69, 9.17) is 9.72 Å². The number of aryl methyl sites for hydroxylation is 1. The van der Waals surface area contributed by atoms with Crippen molar-refractivity contribution in [1.29, 1.82) is 0 Å². The first-order chi connectivity index (χ1) is 9.19. The van der Waals surface area contributed by atoms with E-state index in [-0.39, 0.29) is 0 Å². The Morgan fingerprint density at radius 3 is 2.79 bits per heavy atom. The fraction of sp³-hybridized carbons (Fsp3) is 0.533. The molecule has 0 aliphatic carbocycles. The van der Waals surface area contributed by atoms with Gasteiger partial charge in [-0.25, -0.2) is 4.98 Å². The molecule has 0 radical (unpaired) electrons. The van der Waals surface area contributed by atoms with Gasteiger partial charge in [-0.3, -0.25) is 0 Å². The minimum atomic E-state index is 0.514. The van der Waals surface area contributed by atoms with Crippen molar-refractivity contribution in [2.24, 2.45) is 0 Å². The number of rotatable bonds is 6. The van der Waals surface area contributed by atoms with E-state index in [1.807, 2.05) is 12.1 Å². The molecule has 1 N–H and O–H groups in total. The molecule has 0 aliphatic rings. The Hall–Kier alpha value is -1.55. The molecule has 4 heteroatoms. The largest absolute Gasteiger partial charge is 0.497 e. The fourth-order valence-electron chi connectivity index (χ4n) is 2.18. The Morgan fingerprint density at radius 1 is 1.37 bits per heavy atom. The van der Waals surface area contributed by atoms with Crippen LogP contribution >= 0.6 is 0 Å². The highest BCUT2D eigenvalue weighted by Gasteiger charge is 2.10. The molecular weight excluding hydrogens is 238 g/mol. The number of hydrogen-bond donors (Lipinski definition) is 1. The van der Waals surface area contributed by atoms with E-state index < -0.39 is 0 Å². The number of nitrogens with zero attached hydrogens (tertiary/aromatic N) is 2. The molecule has 1 aromatic heterocycles. The van der Waals surface area contributed by atoms with Crippen LogP contribution in [-0.4, -0.2) is 22.7 Å². The summed E-state index contributed by atoms with van der Waals surface area (Å²) in [6, 6.07) is 6.58. The predicted molar refractivity (Wildman–Crippen MR) is 78.6 cm³/mol. The van der Waals surface area contributed by atoms with Gasteiger partial charge in [-0.05, 0) is 32.4 Å². The van der Waals surface area contributed by atoms with Crippen LogP contribution in [0.2, 0.25) is 0 Å². The van der Waals surface area contributed by atoms with Crippen LogP contribution in [0.4, 0.5) is 0 Å². The van der Waals surface area contributed by atoms with Gasteiger partial charge in [0.15, 0.2) is 0 Å². The lowest BCUT2D eigenvalue weighted by Crippen LogP contribution is -2.26. The van der Waals surface area contributed by atoms with Crippen LogP contribution < -0.4 is 10.1 Å². The van der Waals surface area contributed by atoms with E-state index >= 15 is 0 Å². The Labute approximate surface area is 114 Å². The number of nitrogens with one attached hydrogen (secondary N) is 1. The van der Waals surface area contributed by atoms with Gasteiger partial charge in [0.2, 0.25) is 0 Å². The maximum absolute atomic E-state index is 5.26. The molecular formula is C15H23N3O. The summed E-state index contributed by atoms with van der Waals surface area (Å²) in [6.07, 6.45) is 1.13. The third kappa shape index (κ3) is 2.89. The second-order valence-corrected chi connectivity index (χ2v) is 4.82. The summed E-state index contributed by atoms with van der Waals surface area (Å²) in [5.74, 6) is 1.95. The highest BCUT2D eigenvalue weighted by Crippen LogP contribution is 2.21. The zero-order valence-corrected chi connectivity index (χ0v) is 12.2. The second-order valence-electron chi connectivity index (χ2n) is 4.82. The van der Waals surface area contributed by atoms with Gasteiger partial charge in [0.25, 0.3) is 0 Å². The molecule has 0 bridgehead atoms. The molecule has 0 fully saturated rings. The molecule has 19 heavy (non-hydrogen) atoms. The quantitative estimate of drug-likeness (QED) is 0.869. The van der Waals surface area contributed by atoms with Crippen LogP contribution in [-0.2, 0) is 13.1 Å². The van der Waals surface area contributed by atoms with E-state index in [0.717, 1.165) is 36.6 Å². The van der Waals surface area contributed by atoms with Crippen LogP contribution in [0.5, 0.6) is 5.75 Å². The highest BCUT2D eigenvalue weighted by atomic mass is 16.5. The fourth-order valence-corrected chi connectivity index (χ4v) is 2.18. The molecule has 1 unspecified atom stereocenters. The maximum Gasteiger partial charge on any atom is 0.123 e. The number of ether oxygens (including phenoxy) is 1. The molecule has 2 aromatic rings. The van der Waals surface area contributed by atoms with Gasteiger partial charge in [0.05, 0.1) is 24.7 Å². The molecule has 0 spiro atoms. The Morgan fingerprint density at radius 2 is 2.16 bits per heavy atom. The first-order valence-electron chi connectivity index (χ1n) is 6.96. The van der Waals surface area contributed by atoms with Gasteiger partial charge in [0.1, 0.15) is 11.6 Å². The monoisotopic (exact) mass is 261 g/mol. The Kier molecular flexibility index (Phi) is 4.43. The van der Waals surface area contributed by atoms with Crippen molar-refractivity contribution >= 4 is 11.0 Å². The SMILES string of the molecule is CCC(C)NCc1nc2cc(OC)ccc2n1CC.